The largest absolute Gasteiger partial charge is 0.497 e. The molecule has 1 aliphatic rings. The van der Waals surface area contributed by atoms with Crippen molar-refractivity contribution in [2.45, 2.75) is 62.6 Å². The number of nitrogens with one attached hydrogen (secondary N) is 2. The number of aromatic nitrogens is 1. The Balaban J connectivity index is 1.43. The summed E-state index contributed by atoms with van der Waals surface area (Å²) in [6.45, 7) is 3.95. The number of carbonyl (C=O) groups excluding carboxylic acids is 1. The van der Waals surface area contributed by atoms with Crippen LogP contribution in [-0.2, 0) is 14.8 Å². The molecule has 0 aliphatic carbocycles. The lowest BCUT2D eigenvalue weighted by Crippen LogP contribution is -2.53. The van der Waals surface area contributed by atoms with E-state index in [1.807, 2.05) is 13.8 Å². The van der Waals surface area contributed by atoms with Gasteiger partial charge in [-0.05, 0) is 61.6 Å². The minimum atomic E-state index is -3.88. The van der Waals surface area contributed by atoms with Crippen LogP contribution in [0.1, 0.15) is 45.1 Å². The molecule has 11 nitrogen and oxygen atoms in total. The van der Waals surface area contributed by atoms with Crippen molar-refractivity contribution in [3.8, 4) is 5.75 Å². The van der Waals surface area contributed by atoms with Crippen molar-refractivity contribution < 1.29 is 32.6 Å². The number of fused-ring (bicyclic) bond motifs is 1. The molecule has 1 saturated heterocycles. The monoisotopic (exact) mass is 560 g/mol. The van der Waals surface area contributed by atoms with E-state index in [1.165, 1.54) is 16.6 Å². The second-order valence-electron chi connectivity index (χ2n) is 10.2. The van der Waals surface area contributed by atoms with Crippen LogP contribution in [0.2, 0.25) is 0 Å². The van der Waals surface area contributed by atoms with Crippen molar-refractivity contribution in [1.29, 1.82) is 0 Å². The average molecular weight is 561 g/mol. The van der Waals surface area contributed by atoms with E-state index in [4.69, 9.17) is 9.15 Å². The van der Waals surface area contributed by atoms with Crippen LogP contribution in [0, 0.1) is 5.92 Å². The third-order valence-electron chi connectivity index (χ3n) is 6.74. The zero-order valence-corrected chi connectivity index (χ0v) is 23.1. The lowest BCUT2D eigenvalue weighted by atomic mass is 10.0. The first-order valence-corrected chi connectivity index (χ1v) is 14.4. The number of sulfonamides is 1. The Kier molecular flexibility index (Phi) is 9.23. The molecule has 4 rings (SSSR count). The number of aliphatic hydroxyl groups is 2. The summed E-state index contributed by atoms with van der Waals surface area (Å²) in [5.41, 5.74) is 0.572. The number of β-amino-alcohol motifs (C(OH)–C–C–N with tert-alkyl or cyclic N) is 1. The molecule has 39 heavy (non-hydrogen) atoms. The fraction of sp³-hybridized carbons (Fsp3) is 0.481. The van der Waals surface area contributed by atoms with Crippen molar-refractivity contribution in [2.75, 3.05) is 20.2 Å². The number of methoxy groups -OCH3 is 1. The van der Waals surface area contributed by atoms with E-state index in [0.717, 1.165) is 5.39 Å². The van der Waals surface area contributed by atoms with Gasteiger partial charge in [-0.15, -0.1) is 0 Å². The first kappa shape index (κ1) is 29.0. The van der Waals surface area contributed by atoms with Gasteiger partial charge in [0.15, 0.2) is 11.3 Å². The van der Waals surface area contributed by atoms with Crippen LogP contribution in [0.5, 0.6) is 5.75 Å². The van der Waals surface area contributed by atoms with E-state index in [1.54, 1.807) is 43.5 Å². The molecule has 1 amide bonds. The molecular weight excluding hydrogens is 524 g/mol. The minimum Gasteiger partial charge on any atom is -0.497 e. The number of pyridine rings is 1. The summed E-state index contributed by atoms with van der Waals surface area (Å²) in [7, 11) is -2.31. The van der Waals surface area contributed by atoms with Gasteiger partial charge >= 0.3 is 0 Å². The molecule has 4 atom stereocenters. The molecular formula is C27H36N4O7S. The summed E-state index contributed by atoms with van der Waals surface area (Å²) in [6.07, 6.45) is 0.286. The topological polar surface area (TPSA) is 154 Å². The summed E-state index contributed by atoms with van der Waals surface area (Å²) in [5.74, 6) is 0.636. The van der Waals surface area contributed by atoms with Gasteiger partial charge in [-0.2, -0.15) is 4.31 Å². The van der Waals surface area contributed by atoms with Crippen molar-refractivity contribution in [3.05, 3.63) is 54.4 Å². The third kappa shape index (κ3) is 6.95. The maximum Gasteiger partial charge on any atom is 0.260 e. The second kappa shape index (κ2) is 12.4. The van der Waals surface area contributed by atoms with Gasteiger partial charge in [0.25, 0.3) is 10.0 Å². The highest BCUT2D eigenvalue weighted by atomic mass is 32.2. The van der Waals surface area contributed by atoms with Crippen LogP contribution >= 0.6 is 0 Å². The molecule has 2 aromatic heterocycles. The zero-order valence-electron chi connectivity index (χ0n) is 22.3. The Bertz CT molecular complexity index is 1360. The highest BCUT2D eigenvalue weighted by Crippen LogP contribution is 2.27. The maximum absolute atomic E-state index is 13.3. The standard InChI is InChI=1S/C27H36N4O7S/c1-17(2)13-21(30-27(34)24-15-18-14-19(37-3)9-10-23(18)38-24)26(33)29-20-7-6-12-31(16-22(20)32)39(35,36)25-8-4-5-11-28-25/h4-5,8-11,14-15,17,20-22,27,30,32,34H,6-7,12-13,16H2,1-3H3,(H,29,33)/t20?,21-,22?,27?/m0/s1. The zero-order chi connectivity index (χ0) is 28.2. The van der Waals surface area contributed by atoms with Crippen LogP contribution < -0.4 is 15.4 Å². The van der Waals surface area contributed by atoms with Crippen LogP contribution in [0.15, 0.2) is 58.1 Å². The number of hydrogen-bond donors (Lipinski definition) is 4. The molecule has 1 aliphatic heterocycles. The van der Waals surface area contributed by atoms with Gasteiger partial charge in [-0.3, -0.25) is 10.1 Å². The number of hydrogen-bond acceptors (Lipinski definition) is 9. The van der Waals surface area contributed by atoms with E-state index in [-0.39, 0.29) is 29.8 Å². The number of rotatable bonds is 10. The van der Waals surface area contributed by atoms with Gasteiger partial charge < -0.3 is 24.7 Å². The Hall–Kier alpha value is -3.03. The van der Waals surface area contributed by atoms with Gasteiger partial charge in [0.2, 0.25) is 5.91 Å². The lowest BCUT2D eigenvalue weighted by Gasteiger charge is -2.28. The Labute approximate surface area is 228 Å². The number of carbonyl (C=O) groups is 1. The minimum absolute atomic E-state index is 0.0844. The number of amides is 1. The van der Waals surface area contributed by atoms with E-state index in [2.05, 4.69) is 15.6 Å². The highest BCUT2D eigenvalue weighted by molar-refractivity contribution is 7.89. The van der Waals surface area contributed by atoms with E-state index >= 15 is 0 Å². The number of benzene rings is 1. The average Bonchev–Trinajstić information content (AvgIpc) is 3.26. The van der Waals surface area contributed by atoms with Gasteiger partial charge in [0.05, 0.1) is 25.3 Å². The van der Waals surface area contributed by atoms with Gasteiger partial charge in [-0.25, -0.2) is 13.4 Å². The molecule has 0 bridgehead atoms. The van der Waals surface area contributed by atoms with Gasteiger partial charge in [0.1, 0.15) is 17.1 Å². The summed E-state index contributed by atoms with van der Waals surface area (Å²) in [6, 6.07) is 10.2. The Morgan fingerprint density at radius 3 is 2.74 bits per heavy atom. The number of ether oxygens (including phenoxy) is 1. The summed E-state index contributed by atoms with van der Waals surface area (Å²) < 4.78 is 38.2. The molecule has 4 N–H and O–H groups in total. The first-order chi connectivity index (χ1) is 18.6. The summed E-state index contributed by atoms with van der Waals surface area (Å²) in [4.78, 5) is 17.3. The maximum atomic E-state index is 13.3. The Morgan fingerprint density at radius 2 is 2.05 bits per heavy atom. The van der Waals surface area contributed by atoms with Crippen LogP contribution in [-0.4, -0.2) is 72.2 Å². The molecule has 1 aromatic carbocycles. The smallest absolute Gasteiger partial charge is 0.260 e. The highest BCUT2D eigenvalue weighted by Gasteiger charge is 2.35. The molecule has 0 radical (unpaired) electrons. The van der Waals surface area contributed by atoms with Crippen molar-refractivity contribution >= 4 is 26.9 Å². The predicted molar refractivity (Wildman–Crippen MR) is 144 cm³/mol. The fourth-order valence-electron chi connectivity index (χ4n) is 4.71. The molecule has 3 aromatic rings. The van der Waals surface area contributed by atoms with Crippen LogP contribution in [0.3, 0.4) is 0 Å². The fourth-order valence-corrected chi connectivity index (χ4v) is 6.14. The SMILES string of the molecule is COc1ccc2oc(C(O)N[C@@H](CC(C)C)C(=O)NC3CCCN(S(=O)(=O)c4ccccn4)CC3O)cc2c1. The number of aliphatic hydroxyl groups excluding tert-OH is 2. The number of nitrogens with zero attached hydrogens (tertiary/aromatic N) is 2. The molecule has 0 saturated carbocycles. The van der Waals surface area contributed by atoms with Crippen molar-refractivity contribution in [3.63, 3.8) is 0 Å². The Morgan fingerprint density at radius 1 is 1.26 bits per heavy atom. The molecule has 3 heterocycles. The first-order valence-electron chi connectivity index (χ1n) is 13.0. The van der Waals surface area contributed by atoms with Crippen molar-refractivity contribution in [1.82, 2.24) is 19.9 Å². The van der Waals surface area contributed by atoms with Gasteiger partial charge in [-0.1, -0.05) is 19.9 Å². The predicted octanol–water partition coefficient (Wildman–Crippen LogP) is 2.16. The molecule has 0 spiro atoms. The van der Waals surface area contributed by atoms with Crippen LogP contribution in [0.4, 0.5) is 0 Å². The van der Waals surface area contributed by atoms with E-state index in [0.29, 0.717) is 30.6 Å². The lowest BCUT2D eigenvalue weighted by molar-refractivity contribution is -0.126. The van der Waals surface area contributed by atoms with Crippen LogP contribution in [0.25, 0.3) is 11.0 Å². The van der Waals surface area contributed by atoms with E-state index in [9.17, 15) is 23.4 Å². The summed E-state index contributed by atoms with van der Waals surface area (Å²) >= 11 is 0. The molecule has 3 unspecified atom stereocenters. The molecule has 1 fully saturated rings. The van der Waals surface area contributed by atoms with Crippen molar-refractivity contribution in [2.24, 2.45) is 5.92 Å². The van der Waals surface area contributed by atoms with Gasteiger partial charge in [0, 0.05) is 24.7 Å². The quantitative estimate of drug-likeness (QED) is 0.273. The summed E-state index contributed by atoms with van der Waals surface area (Å²) in [5, 5.41) is 28.3. The molecule has 12 heteroatoms. The number of furan rings is 1. The normalized spacial score (nSPS) is 20.5. The van der Waals surface area contributed by atoms with E-state index < -0.39 is 40.3 Å². The third-order valence-corrected chi connectivity index (χ3v) is 8.52. The molecule has 212 valence electrons. The second-order valence-corrected chi connectivity index (χ2v) is 12.0.